The average molecular weight is 381 g/mol. The highest BCUT2D eigenvalue weighted by atomic mass is 16.5. The molecule has 1 aliphatic rings. The summed E-state index contributed by atoms with van der Waals surface area (Å²) in [6.45, 7) is 5.42. The standard InChI is InChI=1S/C21H23N3O4/c1-4-21(16-8-6-5-7-9-16)19(26)24(20(27)22-21)23-18(25)13-28-17-11-10-14(2)15(3)12-17/h5-12H,4,13H2,1-3H3,(H,22,27)(H,23,25)/t21-/m0/s1. The van der Waals surface area contributed by atoms with Crippen LogP contribution in [0.2, 0.25) is 0 Å². The van der Waals surface area contributed by atoms with Gasteiger partial charge in [-0.25, -0.2) is 4.79 Å². The molecule has 0 bridgehead atoms. The molecule has 0 aliphatic carbocycles. The highest BCUT2D eigenvalue weighted by molar-refractivity contribution is 6.08. The van der Waals surface area contributed by atoms with Crippen LogP contribution in [0.15, 0.2) is 48.5 Å². The molecule has 7 heteroatoms. The molecular formula is C21H23N3O4. The molecule has 2 aromatic rings. The summed E-state index contributed by atoms with van der Waals surface area (Å²) in [6, 6.07) is 13.8. The van der Waals surface area contributed by atoms with Gasteiger partial charge in [-0.05, 0) is 49.1 Å². The summed E-state index contributed by atoms with van der Waals surface area (Å²) < 4.78 is 5.47. The van der Waals surface area contributed by atoms with Crippen molar-refractivity contribution in [1.29, 1.82) is 0 Å². The van der Waals surface area contributed by atoms with Gasteiger partial charge in [-0.3, -0.25) is 15.0 Å². The summed E-state index contributed by atoms with van der Waals surface area (Å²) in [5.41, 5.74) is 3.98. The lowest BCUT2D eigenvalue weighted by Gasteiger charge is -2.25. The van der Waals surface area contributed by atoms with Crippen LogP contribution in [0.3, 0.4) is 0 Å². The monoisotopic (exact) mass is 381 g/mol. The Bertz CT molecular complexity index is 913. The van der Waals surface area contributed by atoms with Crippen LogP contribution < -0.4 is 15.5 Å². The Balaban J connectivity index is 1.68. The topological polar surface area (TPSA) is 87.7 Å². The minimum absolute atomic E-state index is 0.315. The number of rotatable bonds is 6. The summed E-state index contributed by atoms with van der Waals surface area (Å²) in [7, 11) is 0. The van der Waals surface area contributed by atoms with Gasteiger partial charge in [-0.1, -0.05) is 43.3 Å². The Kier molecular flexibility index (Phi) is 5.35. The lowest BCUT2D eigenvalue weighted by molar-refractivity contribution is -0.140. The highest BCUT2D eigenvalue weighted by Gasteiger charge is 2.52. The van der Waals surface area contributed by atoms with Crippen molar-refractivity contribution in [3.05, 3.63) is 65.2 Å². The van der Waals surface area contributed by atoms with E-state index in [-0.39, 0.29) is 6.61 Å². The van der Waals surface area contributed by atoms with Crippen molar-refractivity contribution < 1.29 is 19.1 Å². The zero-order valence-electron chi connectivity index (χ0n) is 16.1. The molecule has 0 radical (unpaired) electrons. The Labute approximate surface area is 163 Å². The zero-order chi connectivity index (χ0) is 20.3. The number of carbonyl (C=O) groups excluding carboxylic acids is 3. The van der Waals surface area contributed by atoms with E-state index in [9.17, 15) is 14.4 Å². The second-order valence-electron chi connectivity index (χ2n) is 6.77. The van der Waals surface area contributed by atoms with Gasteiger partial charge in [0, 0.05) is 0 Å². The number of carbonyl (C=O) groups is 3. The molecule has 146 valence electrons. The number of nitrogens with zero attached hydrogens (tertiary/aromatic N) is 1. The first kappa shape index (κ1) is 19.4. The van der Waals surface area contributed by atoms with E-state index in [1.807, 2.05) is 32.0 Å². The number of imide groups is 1. The fourth-order valence-electron chi connectivity index (χ4n) is 3.15. The summed E-state index contributed by atoms with van der Waals surface area (Å²) >= 11 is 0. The zero-order valence-corrected chi connectivity index (χ0v) is 16.1. The number of ether oxygens (including phenoxy) is 1. The van der Waals surface area contributed by atoms with Gasteiger partial charge in [0.15, 0.2) is 6.61 Å². The molecular weight excluding hydrogens is 358 g/mol. The van der Waals surface area contributed by atoms with Crippen LogP contribution in [0.25, 0.3) is 0 Å². The minimum atomic E-state index is -1.19. The van der Waals surface area contributed by atoms with Crippen molar-refractivity contribution in [2.75, 3.05) is 6.61 Å². The van der Waals surface area contributed by atoms with E-state index < -0.39 is 23.4 Å². The molecule has 1 saturated heterocycles. The second kappa shape index (κ2) is 7.72. The van der Waals surface area contributed by atoms with Gasteiger partial charge in [0.2, 0.25) is 0 Å². The minimum Gasteiger partial charge on any atom is -0.484 e. The van der Waals surface area contributed by atoms with Gasteiger partial charge in [0.1, 0.15) is 11.3 Å². The van der Waals surface area contributed by atoms with Gasteiger partial charge < -0.3 is 10.1 Å². The lowest BCUT2D eigenvalue weighted by atomic mass is 9.87. The van der Waals surface area contributed by atoms with Crippen molar-refractivity contribution >= 4 is 17.8 Å². The van der Waals surface area contributed by atoms with Crippen molar-refractivity contribution in [3.8, 4) is 5.75 Å². The predicted molar refractivity (Wildman–Crippen MR) is 103 cm³/mol. The highest BCUT2D eigenvalue weighted by Crippen LogP contribution is 2.31. The third-order valence-corrected chi connectivity index (χ3v) is 4.97. The summed E-state index contributed by atoms with van der Waals surface area (Å²) in [5, 5.41) is 3.43. The molecule has 1 fully saturated rings. The van der Waals surface area contributed by atoms with E-state index in [4.69, 9.17) is 4.74 Å². The molecule has 2 aromatic carbocycles. The van der Waals surface area contributed by atoms with Crippen molar-refractivity contribution in [1.82, 2.24) is 15.8 Å². The fourth-order valence-corrected chi connectivity index (χ4v) is 3.15. The number of benzene rings is 2. The Morgan fingerprint density at radius 2 is 1.82 bits per heavy atom. The second-order valence-corrected chi connectivity index (χ2v) is 6.77. The van der Waals surface area contributed by atoms with Gasteiger partial charge in [0.05, 0.1) is 0 Å². The maximum atomic E-state index is 12.9. The average Bonchev–Trinajstić information content (AvgIpc) is 2.94. The van der Waals surface area contributed by atoms with Crippen LogP contribution >= 0.6 is 0 Å². The molecule has 0 saturated carbocycles. The molecule has 4 amide bonds. The van der Waals surface area contributed by atoms with E-state index in [0.717, 1.165) is 16.1 Å². The van der Waals surface area contributed by atoms with E-state index >= 15 is 0 Å². The molecule has 2 N–H and O–H groups in total. The molecule has 1 heterocycles. The summed E-state index contributed by atoms with van der Waals surface area (Å²) in [5.74, 6) is -0.574. The molecule has 1 atom stereocenters. The fraction of sp³-hybridized carbons (Fsp3) is 0.286. The summed E-state index contributed by atoms with van der Waals surface area (Å²) in [6.07, 6.45) is 0.354. The van der Waals surface area contributed by atoms with E-state index in [1.54, 1.807) is 37.3 Å². The largest absolute Gasteiger partial charge is 0.484 e. The van der Waals surface area contributed by atoms with Crippen LogP contribution in [0.1, 0.15) is 30.0 Å². The SMILES string of the molecule is CC[C@@]1(c2ccccc2)NC(=O)N(NC(=O)COc2ccc(C)c(C)c2)C1=O. The van der Waals surface area contributed by atoms with Crippen LogP contribution in [0, 0.1) is 13.8 Å². The number of amides is 4. The Hall–Kier alpha value is -3.35. The van der Waals surface area contributed by atoms with Gasteiger partial charge in [-0.15, -0.1) is 0 Å². The summed E-state index contributed by atoms with van der Waals surface area (Å²) in [4.78, 5) is 37.6. The Morgan fingerprint density at radius 3 is 2.46 bits per heavy atom. The first-order chi connectivity index (χ1) is 13.4. The number of nitrogens with one attached hydrogen (secondary N) is 2. The Morgan fingerprint density at radius 1 is 1.11 bits per heavy atom. The smallest absolute Gasteiger partial charge is 0.344 e. The first-order valence-electron chi connectivity index (χ1n) is 9.09. The van der Waals surface area contributed by atoms with Crippen LogP contribution in [-0.4, -0.2) is 29.5 Å². The third-order valence-electron chi connectivity index (χ3n) is 4.97. The number of urea groups is 1. The van der Waals surface area contributed by atoms with Crippen molar-refractivity contribution in [2.24, 2.45) is 0 Å². The molecule has 3 rings (SSSR count). The third kappa shape index (κ3) is 3.55. The van der Waals surface area contributed by atoms with Crippen molar-refractivity contribution in [2.45, 2.75) is 32.7 Å². The molecule has 0 spiro atoms. The first-order valence-corrected chi connectivity index (χ1v) is 9.09. The maximum absolute atomic E-state index is 12.9. The normalized spacial score (nSPS) is 18.8. The predicted octanol–water partition coefficient (Wildman–Crippen LogP) is 2.57. The van der Waals surface area contributed by atoms with Gasteiger partial charge >= 0.3 is 6.03 Å². The number of hydrazine groups is 1. The lowest BCUT2D eigenvalue weighted by Crippen LogP contribution is -2.49. The van der Waals surface area contributed by atoms with Crippen LogP contribution in [0.4, 0.5) is 4.79 Å². The van der Waals surface area contributed by atoms with Crippen molar-refractivity contribution in [3.63, 3.8) is 0 Å². The number of aryl methyl sites for hydroxylation is 2. The molecule has 1 aliphatic heterocycles. The van der Waals surface area contributed by atoms with E-state index in [0.29, 0.717) is 17.7 Å². The van der Waals surface area contributed by atoms with E-state index in [2.05, 4.69) is 10.7 Å². The van der Waals surface area contributed by atoms with Crippen LogP contribution in [0.5, 0.6) is 5.75 Å². The quantitative estimate of drug-likeness (QED) is 0.753. The molecule has 7 nitrogen and oxygen atoms in total. The van der Waals surface area contributed by atoms with E-state index in [1.165, 1.54) is 0 Å². The number of hydrogen-bond donors (Lipinski definition) is 2. The molecule has 28 heavy (non-hydrogen) atoms. The molecule has 0 unspecified atom stereocenters. The number of hydrogen-bond acceptors (Lipinski definition) is 4. The maximum Gasteiger partial charge on any atom is 0.344 e. The van der Waals surface area contributed by atoms with Crippen LogP contribution in [-0.2, 0) is 15.1 Å². The molecule has 0 aromatic heterocycles. The van der Waals surface area contributed by atoms with Gasteiger partial charge in [0.25, 0.3) is 11.8 Å². The van der Waals surface area contributed by atoms with Gasteiger partial charge in [-0.2, -0.15) is 5.01 Å².